The molecule has 0 fully saturated rings. The third-order valence-corrected chi connectivity index (χ3v) is 4.93. The summed E-state index contributed by atoms with van der Waals surface area (Å²) in [7, 11) is 0. The van der Waals surface area contributed by atoms with Crippen molar-refractivity contribution in [2.45, 2.75) is 19.9 Å². The first-order chi connectivity index (χ1) is 11.6. The maximum atomic E-state index is 12.3. The van der Waals surface area contributed by atoms with Crippen molar-refractivity contribution in [2.24, 2.45) is 0 Å². The molecule has 1 N–H and O–H groups in total. The first-order valence-electron chi connectivity index (χ1n) is 7.34. The zero-order valence-electron chi connectivity index (χ0n) is 13.2. The quantitative estimate of drug-likeness (QED) is 0.763. The van der Waals surface area contributed by atoms with Crippen LogP contribution in [0, 0.1) is 6.92 Å². The van der Waals surface area contributed by atoms with Gasteiger partial charge in [-0.15, -0.1) is 11.3 Å². The molecule has 0 radical (unpaired) electrons. The minimum atomic E-state index is -0.220. The molecule has 0 saturated carbocycles. The van der Waals surface area contributed by atoms with Gasteiger partial charge in [0.05, 0.1) is 11.1 Å². The summed E-state index contributed by atoms with van der Waals surface area (Å²) in [4.78, 5) is 25.7. The number of carbonyl (C=O) groups excluding carboxylic acids is 1. The van der Waals surface area contributed by atoms with Crippen LogP contribution in [0.1, 0.15) is 33.9 Å². The molecule has 0 spiro atoms. The Labute approximate surface area is 148 Å². The lowest BCUT2D eigenvalue weighted by Gasteiger charge is -2.16. The van der Waals surface area contributed by atoms with E-state index in [-0.39, 0.29) is 11.9 Å². The SMILES string of the molecule is Cc1nc(-c2ccncc2)ncc1[C@H](C)NC(=O)c1sccc1Cl. The number of nitrogens with zero attached hydrogens (tertiary/aromatic N) is 3. The smallest absolute Gasteiger partial charge is 0.263 e. The van der Waals surface area contributed by atoms with Crippen LogP contribution < -0.4 is 5.32 Å². The van der Waals surface area contributed by atoms with E-state index in [0.29, 0.717) is 15.7 Å². The number of thiophene rings is 1. The number of amides is 1. The Hall–Kier alpha value is -2.31. The minimum Gasteiger partial charge on any atom is -0.345 e. The van der Waals surface area contributed by atoms with Crippen LogP contribution in [0.4, 0.5) is 0 Å². The van der Waals surface area contributed by atoms with Gasteiger partial charge in [-0.05, 0) is 37.4 Å². The lowest BCUT2D eigenvalue weighted by atomic mass is 10.1. The highest BCUT2D eigenvalue weighted by Gasteiger charge is 2.17. The molecule has 0 aliphatic carbocycles. The standard InChI is InChI=1S/C17H15ClN4OS/c1-10-13(9-20-16(21-10)12-3-6-19-7-4-12)11(2)22-17(23)15-14(18)5-8-24-15/h3-9,11H,1-2H3,(H,22,23)/t11-/m0/s1. The second-order valence-corrected chi connectivity index (χ2v) is 6.59. The highest BCUT2D eigenvalue weighted by atomic mass is 35.5. The van der Waals surface area contributed by atoms with Gasteiger partial charge in [0.25, 0.3) is 5.91 Å². The monoisotopic (exact) mass is 358 g/mol. The van der Waals surface area contributed by atoms with Crippen LogP contribution in [0.2, 0.25) is 5.02 Å². The predicted molar refractivity (Wildman–Crippen MR) is 95.2 cm³/mol. The summed E-state index contributed by atoms with van der Waals surface area (Å²) in [6.45, 7) is 3.81. The van der Waals surface area contributed by atoms with Gasteiger partial charge in [0, 0.05) is 35.4 Å². The van der Waals surface area contributed by atoms with E-state index in [0.717, 1.165) is 16.8 Å². The number of halogens is 1. The van der Waals surface area contributed by atoms with Crippen LogP contribution in [0.15, 0.2) is 42.2 Å². The number of nitrogens with one attached hydrogen (secondary N) is 1. The Morgan fingerprint density at radius 2 is 2.04 bits per heavy atom. The normalized spacial score (nSPS) is 12.0. The Morgan fingerprint density at radius 1 is 1.29 bits per heavy atom. The molecule has 3 aromatic rings. The number of carbonyl (C=O) groups is 1. The number of pyridine rings is 1. The molecule has 0 aliphatic heterocycles. The summed E-state index contributed by atoms with van der Waals surface area (Å²) >= 11 is 7.32. The fourth-order valence-corrected chi connectivity index (χ4v) is 3.38. The molecule has 0 aliphatic rings. The van der Waals surface area contributed by atoms with Crippen LogP contribution in [-0.4, -0.2) is 20.9 Å². The van der Waals surface area contributed by atoms with Crippen molar-refractivity contribution in [2.75, 3.05) is 0 Å². The molecule has 3 rings (SSSR count). The summed E-state index contributed by atoms with van der Waals surface area (Å²) in [6.07, 6.45) is 5.16. The van der Waals surface area contributed by atoms with Crippen molar-refractivity contribution in [1.82, 2.24) is 20.3 Å². The lowest BCUT2D eigenvalue weighted by molar-refractivity contribution is 0.0944. The van der Waals surface area contributed by atoms with Crippen molar-refractivity contribution >= 4 is 28.8 Å². The van der Waals surface area contributed by atoms with E-state index in [2.05, 4.69) is 20.3 Å². The number of hydrogen-bond donors (Lipinski definition) is 1. The number of aryl methyl sites for hydroxylation is 1. The highest BCUT2D eigenvalue weighted by Crippen LogP contribution is 2.24. The Bertz CT molecular complexity index is 866. The molecular formula is C17H15ClN4OS. The summed E-state index contributed by atoms with van der Waals surface area (Å²) < 4.78 is 0. The van der Waals surface area contributed by atoms with E-state index in [4.69, 9.17) is 11.6 Å². The van der Waals surface area contributed by atoms with Gasteiger partial charge in [-0.25, -0.2) is 9.97 Å². The first kappa shape index (κ1) is 16.5. The minimum absolute atomic E-state index is 0.194. The largest absolute Gasteiger partial charge is 0.345 e. The third-order valence-electron chi connectivity index (χ3n) is 3.59. The van der Waals surface area contributed by atoms with Gasteiger partial charge in [-0.3, -0.25) is 9.78 Å². The van der Waals surface area contributed by atoms with Gasteiger partial charge in [0.2, 0.25) is 0 Å². The van der Waals surface area contributed by atoms with E-state index in [1.54, 1.807) is 30.0 Å². The van der Waals surface area contributed by atoms with Gasteiger partial charge in [0.1, 0.15) is 4.88 Å². The molecule has 1 atom stereocenters. The molecule has 24 heavy (non-hydrogen) atoms. The van der Waals surface area contributed by atoms with Crippen molar-refractivity contribution in [1.29, 1.82) is 0 Å². The summed E-state index contributed by atoms with van der Waals surface area (Å²) in [5.74, 6) is 0.443. The molecule has 5 nitrogen and oxygen atoms in total. The molecule has 7 heteroatoms. The molecule has 0 saturated heterocycles. The fourth-order valence-electron chi connectivity index (χ4n) is 2.34. The molecule has 0 unspecified atom stereocenters. The lowest BCUT2D eigenvalue weighted by Crippen LogP contribution is -2.27. The average molecular weight is 359 g/mol. The van der Waals surface area contributed by atoms with E-state index in [1.807, 2.05) is 26.0 Å². The average Bonchev–Trinajstić information content (AvgIpc) is 3.01. The molecule has 3 aromatic heterocycles. The maximum absolute atomic E-state index is 12.3. The second-order valence-electron chi connectivity index (χ2n) is 5.26. The molecule has 3 heterocycles. The zero-order valence-corrected chi connectivity index (χ0v) is 14.7. The van der Waals surface area contributed by atoms with Gasteiger partial charge in [-0.1, -0.05) is 11.6 Å². The molecule has 0 aromatic carbocycles. The maximum Gasteiger partial charge on any atom is 0.263 e. The van der Waals surface area contributed by atoms with Crippen molar-refractivity contribution < 1.29 is 4.79 Å². The fraction of sp³-hybridized carbons (Fsp3) is 0.176. The van der Waals surface area contributed by atoms with E-state index >= 15 is 0 Å². The number of aromatic nitrogens is 3. The second kappa shape index (κ2) is 7.07. The van der Waals surface area contributed by atoms with Crippen LogP contribution in [0.5, 0.6) is 0 Å². The third kappa shape index (κ3) is 3.44. The van der Waals surface area contributed by atoms with Crippen LogP contribution in [-0.2, 0) is 0 Å². The van der Waals surface area contributed by atoms with Gasteiger partial charge >= 0.3 is 0 Å². The van der Waals surface area contributed by atoms with Crippen molar-refractivity contribution in [3.63, 3.8) is 0 Å². The number of rotatable bonds is 4. The predicted octanol–water partition coefficient (Wildman–Crippen LogP) is 4.05. The summed E-state index contributed by atoms with van der Waals surface area (Å²) in [5, 5.41) is 5.19. The van der Waals surface area contributed by atoms with Gasteiger partial charge in [0.15, 0.2) is 5.82 Å². The summed E-state index contributed by atoms with van der Waals surface area (Å²) in [6, 6.07) is 5.21. The molecule has 1 amide bonds. The Morgan fingerprint density at radius 3 is 2.67 bits per heavy atom. The van der Waals surface area contributed by atoms with E-state index in [9.17, 15) is 4.79 Å². The number of hydrogen-bond acceptors (Lipinski definition) is 5. The van der Waals surface area contributed by atoms with Gasteiger partial charge < -0.3 is 5.32 Å². The van der Waals surface area contributed by atoms with Crippen LogP contribution in [0.3, 0.4) is 0 Å². The van der Waals surface area contributed by atoms with Crippen LogP contribution >= 0.6 is 22.9 Å². The molecule has 0 bridgehead atoms. The molecular weight excluding hydrogens is 344 g/mol. The topological polar surface area (TPSA) is 67.8 Å². The zero-order chi connectivity index (χ0) is 17.1. The Balaban J connectivity index is 1.79. The van der Waals surface area contributed by atoms with Crippen LogP contribution in [0.25, 0.3) is 11.4 Å². The van der Waals surface area contributed by atoms with E-state index in [1.165, 1.54) is 11.3 Å². The first-order valence-corrected chi connectivity index (χ1v) is 8.60. The van der Waals surface area contributed by atoms with E-state index < -0.39 is 0 Å². The molecule has 122 valence electrons. The Kier molecular flexibility index (Phi) is 4.87. The van der Waals surface area contributed by atoms with Crippen molar-refractivity contribution in [3.8, 4) is 11.4 Å². The van der Waals surface area contributed by atoms with Gasteiger partial charge in [-0.2, -0.15) is 0 Å². The van der Waals surface area contributed by atoms with Crippen molar-refractivity contribution in [3.05, 3.63) is 63.3 Å². The summed E-state index contributed by atoms with van der Waals surface area (Å²) in [5.41, 5.74) is 2.59. The highest BCUT2D eigenvalue weighted by molar-refractivity contribution is 7.12.